The van der Waals surface area contributed by atoms with Crippen molar-refractivity contribution in [3.8, 4) is 23.2 Å². The van der Waals surface area contributed by atoms with Crippen LogP contribution in [0.15, 0.2) is 81.3 Å². The van der Waals surface area contributed by atoms with Crippen molar-refractivity contribution in [2.45, 2.75) is 0 Å². The number of rotatable bonds is 1. The molecule has 0 saturated carbocycles. The van der Waals surface area contributed by atoms with Crippen LogP contribution in [0.1, 0.15) is 11.1 Å². The summed E-state index contributed by atoms with van der Waals surface area (Å²) in [4.78, 5) is 12.3. The maximum atomic E-state index is 12.3. The van der Waals surface area contributed by atoms with Crippen LogP contribution < -0.4 is 5.63 Å². The molecule has 4 rings (SSSR count). The van der Waals surface area contributed by atoms with Crippen molar-refractivity contribution in [3.63, 3.8) is 0 Å². The molecule has 0 N–H and O–H groups in total. The average Bonchev–Trinajstić information content (AvgIpc) is 3.13. The van der Waals surface area contributed by atoms with Gasteiger partial charge in [-0.1, -0.05) is 60.4 Å². The van der Waals surface area contributed by atoms with Crippen molar-refractivity contribution in [2.24, 2.45) is 0 Å². The average molecular weight is 328 g/mol. The molecule has 24 heavy (non-hydrogen) atoms. The van der Waals surface area contributed by atoms with Gasteiger partial charge in [-0.3, -0.25) is 0 Å². The third-order valence-corrected chi connectivity index (χ3v) is 4.58. The summed E-state index contributed by atoms with van der Waals surface area (Å²) in [6.45, 7) is 0. The SMILES string of the molecule is O=c1oc(-c2ccccc2)c(C#Cc2ccccc2)c2ccsc12. The molecule has 2 nitrogen and oxygen atoms in total. The lowest BCUT2D eigenvalue weighted by atomic mass is 10.0. The summed E-state index contributed by atoms with van der Waals surface area (Å²) >= 11 is 1.38. The van der Waals surface area contributed by atoms with E-state index >= 15 is 0 Å². The third kappa shape index (κ3) is 2.64. The topological polar surface area (TPSA) is 30.2 Å². The normalized spacial score (nSPS) is 10.3. The molecule has 0 amide bonds. The van der Waals surface area contributed by atoms with E-state index in [1.165, 1.54) is 11.3 Å². The molecular weight excluding hydrogens is 316 g/mol. The lowest BCUT2D eigenvalue weighted by Gasteiger charge is -2.04. The molecule has 0 bridgehead atoms. The Hall–Kier alpha value is -3.09. The first-order valence-corrected chi connectivity index (χ1v) is 8.38. The highest BCUT2D eigenvalue weighted by molar-refractivity contribution is 7.17. The summed E-state index contributed by atoms with van der Waals surface area (Å²) in [5, 5.41) is 2.74. The summed E-state index contributed by atoms with van der Waals surface area (Å²) in [7, 11) is 0. The molecule has 3 heteroatoms. The first kappa shape index (κ1) is 14.5. The van der Waals surface area contributed by atoms with Gasteiger partial charge in [0, 0.05) is 16.5 Å². The molecule has 4 aromatic rings. The minimum atomic E-state index is -0.316. The highest BCUT2D eigenvalue weighted by Gasteiger charge is 2.14. The summed E-state index contributed by atoms with van der Waals surface area (Å²) < 4.78 is 6.21. The van der Waals surface area contributed by atoms with Gasteiger partial charge in [-0.05, 0) is 23.6 Å². The summed E-state index contributed by atoms with van der Waals surface area (Å²) in [6, 6.07) is 21.3. The largest absolute Gasteiger partial charge is 0.420 e. The van der Waals surface area contributed by atoms with Crippen LogP contribution in [0.4, 0.5) is 0 Å². The van der Waals surface area contributed by atoms with E-state index in [2.05, 4.69) is 11.8 Å². The van der Waals surface area contributed by atoms with Crippen molar-refractivity contribution in [1.82, 2.24) is 0 Å². The van der Waals surface area contributed by atoms with Crippen molar-refractivity contribution in [1.29, 1.82) is 0 Å². The van der Waals surface area contributed by atoms with Gasteiger partial charge in [0.1, 0.15) is 4.70 Å². The van der Waals surface area contributed by atoms with Crippen molar-refractivity contribution >= 4 is 21.4 Å². The molecule has 2 heterocycles. The summed E-state index contributed by atoms with van der Waals surface area (Å²) in [5.74, 6) is 6.90. The smallest absolute Gasteiger partial charge is 0.354 e. The van der Waals surface area contributed by atoms with E-state index in [1.54, 1.807) is 0 Å². The van der Waals surface area contributed by atoms with Gasteiger partial charge in [0.15, 0.2) is 5.76 Å². The third-order valence-electron chi connectivity index (χ3n) is 3.68. The molecule has 2 aromatic carbocycles. The predicted octanol–water partition coefficient (Wildman–Crippen LogP) is 4.92. The zero-order chi connectivity index (χ0) is 16.4. The van der Waals surface area contributed by atoms with Crippen LogP contribution >= 0.6 is 11.3 Å². The Morgan fingerprint density at radius 1 is 0.833 bits per heavy atom. The highest BCUT2D eigenvalue weighted by atomic mass is 32.1. The second-order valence-corrected chi connectivity index (χ2v) is 6.16. The zero-order valence-corrected chi connectivity index (χ0v) is 13.5. The van der Waals surface area contributed by atoms with Gasteiger partial charge in [0.25, 0.3) is 0 Å². The summed E-state index contributed by atoms with van der Waals surface area (Å²) in [6.07, 6.45) is 0. The first-order valence-electron chi connectivity index (χ1n) is 7.50. The van der Waals surface area contributed by atoms with Gasteiger partial charge in [-0.15, -0.1) is 11.3 Å². The molecule has 0 spiro atoms. The maximum Gasteiger partial charge on any atom is 0.354 e. The lowest BCUT2D eigenvalue weighted by Crippen LogP contribution is -2.00. The molecule has 0 aliphatic carbocycles. The fourth-order valence-electron chi connectivity index (χ4n) is 2.55. The van der Waals surface area contributed by atoms with E-state index in [9.17, 15) is 4.79 Å². The van der Waals surface area contributed by atoms with Gasteiger partial charge in [-0.25, -0.2) is 4.79 Å². The monoisotopic (exact) mass is 328 g/mol. The Labute approximate surface area is 143 Å². The number of benzene rings is 2. The van der Waals surface area contributed by atoms with E-state index in [1.807, 2.05) is 72.1 Å². The van der Waals surface area contributed by atoms with Crippen molar-refractivity contribution < 1.29 is 4.42 Å². The van der Waals surface area contributed by atoms with Gasteiger partial charge in [0.2, 0.25) is 0 Å². The number of hydrogen-bond donors (Lipinski definition) is 0. The standard InChI is InChI=1S/C21H12O2S/c22-21-20-18(13-14-24-20)17(12-11-15-7-3-1-4-8-15)19(23-21)16-9-5-2-6-10-16/h1-10,13-14H. The van der Waals surface area contributed by atoms with Gasteiger partial charge in [-0.2, -0.15) is 0 Å². The Balaban J connectivity index is 1.99. The van der Waals surface area contributed by atoms with E-state index in [-0.39, 0.29) is 5.63 Å². The Morgan fingerprint density at radius 2 is 1.54 bits per heavy atom. The second-order valence-electron chi connectivity index (χ2n) is 5.24. The first-order chi connectivity index (χ1) is 11.8. The molecule has 0 fully saturated rings. The van der Waals surface area contributed by atoms with Gasteiger partial charge >= 0.3 is 5.63 Å². The molecule has 0 unspecified atom stereocenters. The van der Waals surface area contributed by atoms with E-state index < -0.39 is 0 Å². The lowest BCUT2D eigenvalue weighted by molar-refractivity contribution is 0.534. The van der Waals surface area contributed by atoms with Crippen LogP contribution in [0.3, 0.4) is 0 Å². The van der Waals surface area contributed by atoms with Crippen molar-refractivity contribution in [3.05, 3.63) is 93.7 Å². The molecule has 0 aliphatic rings. The Kier molecular flexibility index (Phi) is 3.74. The minimum absolute atomic E-state index is 0.316. The Morgan fingerprint density at radius 3 is 2.29 bits per heavy atom. The molecule has 0 atom stereocenters. The van der Waals surface area contributed by atoms with Crippen LogP contribution in [-0.2, 0) is 0 Å². The van der Waals surface area contributed by atoms with Crippen LogP contribution in [-0.4, -0.2) is 0 Å². The van der Waals surface area contributed by atoms with Crippen molar-refractivity contribution in [2.75, 3.05) is 0 Å². The molecule has 0 saturated heterocycles. The minimum Gasteiger partial charge on any atom is -0.420 e. The number of fused-ring (bicyclic) bond motifs is 1. The zero-order valence-electron chi connectivity index (χ0n) is 12.7. The van der Waals surface area contributed by atoms with Crippen LogP contribution in [0, 0.1) is 11.8 Å². The van der Waals surface area contributed by atoms with E-state index in [0.717, 1.165) is 22.1 Å². The molecule has 0 radical (unpaired) electrons. The molecule has 2 aromatic heterocycles. The van der Waals surface area contributed by atoms with Gasteiger partial charge < -0.3 is 4.42 Å². The summed E-state index contributed by atoms with van der Waals surface area (Å²) in [5.41, 5.74) is 2.20. The van der Waals surface area contributed by atoms with Gasteiger partial charge in [0.05, 0.1) is 5.56 Å². The van der Waals surface area contributed by atoms with Crippen LogP contribution in [0.5, 0.6) is 0 Å². The van der Waals surface area contributed by atoms with E-state index in [4.69, 9.17) is 4.42 Å². The fraction of sp³-hybridized carbons (Fsp3) is 0. The van der Waals surface area contributed by atoms with Crippen LogP contribution in [0.25, 0.3) is 21.4 Å². The Bertz CT molecular complexity index is 1110. The second kappa shape index (κ2) is 6.19. The van der Waals surface area contributed by atoms with Crippen LogP contribution in [0.2, 0.25) is 0 Å². The number of thiophene rings is 1. The molecule has 0 aliphatic heterocycles. The van der Waals surface area contributed by atoms with E-state index in [0.29, 0.717) is 10.5 Å². The highest BCUT2D eigenvalue weighted by Crippen LogP contribution is 2.30. The molecule has 114 valence electrons. The predicted molar refractivity (Wildman–Crippen MR) is 98.2 cm³/mol. The quantitative estimate of drug-likeness (QED) is 0.464. The maximum absolute atomic E-state index is 12.3. The number of hydrogen-bond acceptors (Lipinski definition) is 3. The fourth-order valence-corrected chi connectivity index (χ4v) is 3.32. The molecular formula is C21H12O2S.